The second-order valence-electron chi connectivity index (χ2n) is 9.20. The van der Waals surface area contributed by atoms with Crippen LogP contribution in [-0.2, 0) is 9.63 Å². The summed E-state index contributed by atoms with van der Waals surface area (Å²) >= 11 is 0. The minimum Gasteiger partial charge on any atom is -0.392 e. The zero-order valence-corrected chi connectivity index (χ0v) is 18.4. The van der Waals surface area contributed by atoms with Crippen molar-refractivity contribution in [2.75, 3.05) is 13.7 Å². The molecular weight excluding hydrogens is 362 g/mol. The molecule has 2 saturated carbocycles. The van der Waals surface area contributed by atoms with Crippen molar-refractivity contribution in [2.24, 2.45) is 17.0 Å². The first kappa shape index (κ1) is 21.9. The highest BCUT2D eigenvalue weighted by molar-refractivity contribution is 5.91. The number of oxime groups is 1. The molecule has 2 atom stereocenters. The van der Waals surface area contributed by atoms with Crippen molar-refractivity contribution in [3.63, 3.8) is 0 Å². The number of carbonyl (C=O) groups is 1. The first-order valence-corrected chi connectivity index (χ1v) is 11.6. The number of amides is 1. The maximum absolute atomic E-state index is 13.4. The highest BCUT2D eigenvalue weighted by atomic mass is 16.6. The molecule has 0 aromatic rings. The molecule has 3 fully saturated rings. The van der Waals surface area contributed by atoms with E-state index in [9.17, 15) is 4.79 Å². The van der Waals surface area contributed by atoms with Gasteiger partial charge in [0, 0.05) is 7.05 Å². The molecule has 0 aromatic carbocycles. The van der Waals surface area contributed by atoms with Crippen LogP contribution >= 0.6 is 0 Å². The molecule has 0 aromatic heterocycles. The van der Waals surface area contributed by atoms with Crippen LogP contribution in [0, 0.1) is 11.8 Å². The van der Waals surface area contributed by atoms with Crippen LogP contribution in [0.3, 0.4) is 0 Å². The highest BCUT2D eigenvalue weighted by Gasteiger charge is 2.48. The van der Waals surface area contributed by atoms with Gasteiger partial charge in [-0.25, -0.2) is 0 Å². The smallest absolute Gasteiger partial charge is 0.253 e. The monoisotopic (exact) mass is 401 g/mol. The third-order valence-electron chi connectivity index (χ3n) is 7.05. The first-order valence-electron chi connectivity index (χ1n) is 11.6. The zero-order valence-electron chi connectivity index (χ0n) is 18.4. The molecule has 1 heterocycles. The van der Waals surface area contributed by atoms with Gasteiger partial charge >= 0.3 is 0 Å². The molecule has 29 heavy (non-hydrogen) atoms. The summed E-state index contributed by atoms with van der Waals surface area (Å²) in [5.74, 6) is 2.46. The van der Waals surface area contributed by atoms with Crippen LogP contribution in [0.15, 0.2) is 29.7 Å². The molecule has 1 N–H and O–H groups in total. The molecule has 0 radical (unpaired) electrons. The number of nitrogens with zero attached hydrogens (tertiary/aromatic N) is 2. The summed E-state index contributed by atoms with van der Waals surface area (Å²) < 4.78 is 0. The molecular formula is C24H39N3O2. The molecule has 3 rings (SSSR count). The lowest BCUT2D eigenvalue weighted by Crippen LogP contribution is -2.48. The molecule has 2 aliphatic carbocycles. The Hall–Kier alpha value is -1.78. The van der Waals surface area contributed by atoms with Gasteiger partial charge in [-0.3, -0.25) is 4.79 Å². The second-order valence-corrected chi connectivity index (χ2v) is 9.20. The van der Waals surface area contributed by atoms with Gasteiger partial charge in [0.1, 0.15) is 18.0 Å². The predicted octanol–water partition coefficient (Wildman–Crippen LogP) is 5.15. The van der Waals surface area contributed by atoms with Crippen LogP contribution in [0.5, 0.6) is 0 Å². The Labute approximate surface area is 176 Å². The van der Waals surface area contributed by atoms with Crippen LogP contribution in [0.4, 0.5) is 0 Å². The van der Waals surface area contributed by atoms with E-state index in [1.807, 2.05) is 24.9 Å². The SMILES string of the molecule is C=CCO/N=C1/CCC[C@@H](C[C@@]2(CCC3CCCCC3)N/C(=C\C)N(C)C2=O)C1. The number of allylic oxidation sites excluding steroid dienone is 1. The van der Waals surface area contributed by atoms with E-state index in [1.54, 1.807) is 6.08 Å². The van der Waals surface area contributed by atoms with Crippen molar-refractivity contribution >= 4 is 11.6 Å². The van der Waals surface area contributed by atoms with Crippen LogP contribution in [-0.4, -0.2) is 35.7 Å². The van der Waals surface area contributed by atoms with E-state index in [0.717, 1.165) is 62.4 Å². The van der Waals surface area contributed by atoms with Gasteiger partial charge in [0.2, 0.25) is 0 Å². The lowest BCUT2D eigenvalue weighted by atomic mass is 9.74. The quantitative estimate of drug-likeness (QED) is 0.348. The van der Waals surface area contributed by atoms with Gasteiger partial charge in [-0.05, 0) is 69.8 Å². The zero-order chi connectivity index (χ0) is 20.7. The van der Waals surface area contributed by atoms with Crippen LogP contribution in [0.1, 0.15) is 84.0 Å². The fraction of sp³-hybridized carbons (Fsp3) is 0.750. The summed E-state index contributed by atoms with van der Waals surface area (Å²) in [6, 6.07) is 0. The fourth-order valence-corrected chi connectivity index (χ4v) is 5.48. The summed E-state index contributed by atoms with van der Waals surface area (Å²) in [6.45, 7) is 6.13. The largest absolute Gasteiger partial charge is 0.392 e. The summed E-state index contributed by atoms with van der Waals surface area (Å²) in [7, 11) is 1.91. The van der Waals surface area contributed by atoms with E-state index < -0.39 is 5.54 Å². The normalized spacial score (nSPS) is 31.3. The highest BCUT2D eigenvalue weighted by Crippen LogP contribution is 2.39. The Balaban J connectivity index is 1.70. The molecule has 1 aliphatic heterocycles. The van der Waals surface area contributed by atoms with Gasteiger partial charge in [0.05, 0.1) is 5.71 Å². The number of likely N-dealkylation sites (N-methyl/N-ethyl adjacent to an activating group) is 1. The topological polar surface area (TPSA) is 53.9 Å². The number of hydrogen-bond acceptors (Lipinski definition) is 4. The van der Waals surface area contributed by atoms with Crippen LogP contribution in [0.2, 0.25) is 0 Å². The van der Waals surface area contributed by atoms with Crippen molar-refractivity contribution < 1.29 is 9.63 Å². The summed E-state index contributed by atoms with van der Waals surface area (Å²) in [5, 5.41) is 7.98. The molecule has 3 aliphatic rings. The maximum atomic E-state index is 13.4. The van der Waals surface area contributed by atoms with Gasteiger partial charge in [0.15, 0.2) is 0 Å². The second kappa shape index (κ2) is 10.3. The van der Waals surface area contributed by atoms with Crippen molar-refractivity contribution in [1.82, 2.24) is 10.2 Å². The predicted molar refractivity (Wildman–Crippen MR) is 118 cm³/mol. The van der Waals surface area contributed by atoms with Gasteiger partial charge in [0.25, 0.3) is 5.91 Å². The van der Waals surface area contributed by atoms with Gasteiger partial charge in [-0.15, -0.1) is 0 Å². The van der Waals surface area contributed by atoms with Crippen molar-refractivity contribution in [3.05, 3.63) is 24.6 Å². The minimum absolute atomic E-state index is 0.244. The van der Waals surface area contributed by atoms with Crippen molar-refractivity contribution in [3.8, 4) is 0 Å². The van der Waals surface area contributed by atoms with E-state index in [4.69, 9.17) is 4.84 Å². The number of hydrogen-bond donors (Lipinski definition) is 1. The summed E-state index contributed by atoms with van der Waals surface area (Å²) in [4.78, 5) is 20.6. The number of rotatable bonds is 8. The average Bonchev–Trinajstić information content (AvgIpc) is 2.98. The Bertz CT molecular complexity index is 636. The molecule has 0 bridgehead atoms. The van der Waals surface area contributed by atoms with E-state index in [2.05, 4.69) is 17.1 Å². The first-order chi connectivity index (χ1) is 14.1. The van der Waals surface area contributed by atoms with E-state index in [-0.39, 0.29) is 5.91 Å². The summed E-state index contributed by atoms with van der Waals surface area (Å²) in [6.07, 6.45) is 17.7. The lowest BCUT2D eigenvalue weighted by Gasteiger charge is -2.35. The lowest BCUT2D eigenvalue weighted by molar-refractivity contribution is -0.131. The molecule has 0 unspecified atom stereocenters. The standard InChI is InChI=1S/C24H39N3O2/c1-4-16-29-26-21-13-9-12-20(17-21)18-24(15-14-19-10-7-6-8-11-19)23(28)27(3)22(5-2)25-24/h4-5,19-20,25H,1,6-18H2,2-3H3/b22-5+,26-21-/t20-,24-/m1/s1. The van der Waals surface area contributed by atoms with E-state index >= 15 is 0 Å². The third kappa shape index (κ3) is 5.43. The number of nitrogens with one attached hydrogen (secondary N) is 1. The molecule has 0 spiro atoms. The summed E-state index contributed by atoms with van der Waals surface area (Å²) in [5.41, 5.74) is 0.680. The molecule has 1 saturated heterocycles. The molecule has 5 heteroatoms. The average molecular weight is 402 g/mol. The Morgan fingerprint density at radius 3 is 2.69 bits per heavy atom. The van der Waals surface area contributed by atoms with Crippen LogP contribution in [0.25, 0.3) is 0 Å². The molecule has 5 nitrogen and oxygen atoms in total. The van der Waals surface area contributed by atoms with Gasteiger partial charge < -0.3 is 15.1 Å². The molecule has 162 valence electrons. The molecule has 1 amide bonds. The maximum Gasteiger partial charge on any atom is 0.253 e. The van der Waals surface area contributed by atoms with Crippen molar-refractivity contribution in [2.45, 2.75) is 89.5 Å². The Morgan fingerprint density at radius 1 is 1.24 bits per heavy atom. The van der Waals surface area contributed by atoms with E-state index in [0.29, 0.717) is 12.5 Å². The number of carbonyl (C=O) groups excluding carboxylic acids is 1. The Morgan fingerprint density at radius 2 is 2.00 bits per heavy atom. The van der Waals surface area contributed by atoms with Gasteiger partial charge in [-0.1, -0.05) is 49.9 Å². The Kier molecular flexibility index (Phi) is 7.79. The van der Waals surface area contributed by atoms with Crippen molar-refractivity contribution in [1.29, 1.82) is 0 Å². The van der Waals surface area contributed by atoms with Gasteiger partial charge in [-0.2, -0.15) is 0 Å². The minimum atomic E-state index is -0.455. The van der Waals surface area contributed by atoms with E-state index in [1.165, 1.54) is 32.1 Å². The fourth-order valence-electron chi connectivity index (χ4n) is 5.48. The third-order valence-corrected chi connectivity index (χ3v) is 7.05. The van der Waals surface area contributed by atoms with Crippen LogP contribution < -0.4 is 5.32 Å².